The minimum atomic E-state index is -0.294. The number of halogens is 1. The van der Waals surface area contributed by atoms with Gasteiger partial charge in [0.05, 0.1) is 0 Å². The van der Waals surface area contributed by atoms with E-state index in [2.05, 4.69) is 42.0 Å². The van der Waals surface area contributed by atoms with E-state index < -0.39 is 0 Å². The Kier molecular flexibility index (Phi) is 6.73. The van der Waals surface area contributed by atoms with Crippen molar-refractivity contribution in [3.8, 4) is 5.75 Å². The summed E-state index contributed by atoms with van der Waals surface area (Å²) in [5.74, 6) is 0.228. The summed E-state index contributed by atoms with van der Waals surface area (Å²) in [4.78, 5) is 25.0. The van der Waals surface area contributed by atoms with Gasteiger partial charge in [-0.3, -0.25) is 9.59 Å². The number of ketones is 1. The number of anilines is 1. The number of nitrogens with one attached hydrogen (secondary N) is 1. The lowest BCUT2D eigenvalue weighted by molar-refractivity contribution is -0.118. The van der Waals surface area contributed by atoms with Gasteiger partial charge in [0, 0.05) is 21.3 Å². The van der Waals surface area contributed by atoms with Gasteiger partial charge in [0.25, 0.3) is 5.91 Å². The number of carbonyl (C=O) groups is 2. The summed E-state index contributed by atoms with van der Waals surface area (Å²) in [5.41, 5.74) is 2.89. The Morgan fingerprint density at radius 1 is 0.900 bits per heavy atom. The molecule has 1 amide bonds. The summed E-state index contributed by atoms with van der Waals surface area (Å²) in [7, 11) is 0. The lowest BCUT2D eigenvalue weighted by Gasteiger charge is -2.19. The minimum absolute atomic E-state index is 0.0318. The Balaban J connectivity index is 1.64. The molecule has 3 aromatic carbocycles. The number of rotatable bonds is 6. The molecule has 0 spiro atoms. The van der Waals surface area contributed by atoms with Crippen molar-refractivity contribution in [1.29, 1.82) is 0 Å². The van der Waals surface area contributed by atoms with Crippen LogP contribution in [0, 0.1) is 0 Å². The summed E-state index contributed by atoms with van der Waals surface area (Å²) < 4.78 is 6.42. The zero-order valence-corrected chi connectivity index (χ0v) is 18.8. The van der Waals surface area contributed by atoms with Crippen LogP contribution in [0.3, 0.4) is 0 Å². The van der Waals surface area contributed by atoms with Crippen LogP contribution in [0.25, 0.3) is 0 Å². The normalized spacial score (nSPS) is 11.1. The van der Waals surface area contributed by atoms with Gasteiger partial charge in [-0.25, -0.2) is 0 Å². The molecule has 0 unspecified atom stereocenters. The number of hydrogen-bond acceptors (Lipinski definition) is 3. The zero-order valence-electron chi connectivity index (χ0n) is 17.2. The molecule has 5 heteroatoms. The van der Waals surface area contributed by atoms with Gasteiger partial charge in [0.2, 0.25) is 0 Å². The molecule has 3 aromatic rings. The predicted octanol–water partition coefficient (Wildman–Crippen LogP) is 6.00. The third-order valence-corrected chi connectivity index (χ3v) is 5.13. The maximum atomic E-state index is 12.8. The number of hydrogen-bond donors (Lipinski definition) is 1. The van der Waals surface area contributed by atoms with Crippen LogP contribution >= 0.6 is 15.9 Å². The van der Waals surface area contributed by atoms with Crippen molar-refractivity contribution in [3.63, 3.8) is 0 Å². The summed E-state index contributed by atoms with van der Waals surface area (Å²) >= 11 is 3.35. The predicted molar refractivity (Wildman–Crippen MR) is 123 cm³/mol. The molecule has 0 aliphatic heterocycles. The van der Waals surface area contributed by atoms with E-state index in [1.165, 1.54) is 5.56 Å². The molecule has 0 aromatic heterocycles. The molecule has 0 aliphatic rings. The third-order valence-electron chi connectivity index (χ3n) is 4.61. The van der Waals surface area contributed by atoms with Gasteiger partial charge < -0.3 is 10.1 Å². The number of amides is 1. The standard InChI is InChI=1S/C25H24BrNO3/c1-25(2,3)19-9-7-17(8-10-19)24(29)18-5-4-6-21(15-18)27-23(28)16-30-22-13-11-20(26)12-14-22/h4-15H,16H2,1-3H3,(H,27,28). The first-order chi connectivity index (χ1) is 14.2. The molecule has 0 aliphatic carbocycles. The van der Waals surface area contributed by atoms with Crippen LogP contribution in [-0.2, 0) is 10.2 Å². The van der Waals surface area contributed by atoms with Gasteiger partial charge in [-0.15, -0.1) is 0 Å². The average Bonchev–Trinajstić information content (AvgIpc) is 2.72. The molecule has 3 rings (SSSR count). The Hall–Kier alpha value is -2.92. The first kappa shape index (κ1) is 21.8. The highest BCUT2D eigenvalue weighted by atomic mass is 79.9. The van der Waals surface area contributed by atoms with E-state index >= 15 is 0 Å². The molecular weight excluding hydrogens is 442 g/mol. The second-order valence-corrected chi connectivity index (χ2v) is 8.94. The summed E-state index contributed by atoms with van der Waals surface area (Å²) in [6.07, 6.45) is 0. The fourth-order valence-electron chi connectivity index (χ4n) is 2.90. The summed E-state index contributed by atoms with van der Waals surface area (Å²) in [6, 6.07) is 21.8. The van der Waals surface area contributed by atoms with Crippen molar-refractivity contribution in [3.05, 3.63) is 94.0 Å². The second-order valence-electron chi connectivity index (χ2n) is 8.03. The van der Waals surface area contributed by atoms with Crippen LogP contribution in [0.1, 0.15) is 42.3 Å². The molecule has 0 saturated heterocycles. The summed E-state index contributed by atoms with van der Waals surface area (Å²) in [6.45, 7) is 6.29. The largest absolute Gasteiger partial charge is 0.484 e. The van der Waals surface area contributed by atoms with Crippen molar-refractivity contribution >= 4 is 33.3 Å². The maximum absolute atomic E-state index is 12.8. The zero-order chi connectivity index (χ0) is 21.7. The van der Waals surface area contributed by atoms with Crippen molar-refractivity contribution in [2.75, 3.05) is 11.9 Å². The Labute approximate surface area is 185 Å². The van der Waals surface area contributed by atoms with Gasteiger partial charge in [-0.1, -0.05) is 73.1 Å². The molecule has 0 saturated carbocycles. The smallest absolute Gasteiger partial charge is 0.262 e. The molecule has 0 bridgehead atoms. The van der Waals surface area contributed by atoms with E-state index in [-0.39, 0.29) is 23.7 Å². The van der Waals surface area contributed by atoms with Crippen LogP contribution in [0.4, 0.5) is 5.69 Å². The van der Waals surface area contributed by atoms with Crippen molar-refractivity contribution in [1.82, 2.24) is 0 Å². The van der Waals surface area contributed by atoms with Crippen molar-refractivity contribution in [2.24, 2.45) is 0 Å². The molecule has 0 radical (unpaired) electrons. The van der Waals surface area contributed by atoms with Crippen LogP contribution in [0.2, 0.25) is 0 Å². The second kappa shape index (κ2) is 9.26. The number of benzene rings is 3. The Bertz CT molecular complexity index is 1040. The number of carbonyl (C=O) groups excluding carboxylic acids is 2. The Morgan fingerprint density at radius 2 is 1.57 bits per heavy atom. The number of ether oxygens (including phenoxy) is 1. The third kappa shape index (κ3) is 5.80. The van der Waals surface area contributed by atoms with Gasteiger partial charge >= 0.3 is 0 Å². The fraction of sp³-hybridized carbons (Fsp3) is 0.200. The highest BCUT2D eigenvalue weighted by molar-refractivity contribution is 9.10. The lowest BCUT2D eigenvalue weighted by atomic mass is 9.86. The van der Waals surface area contributed by atoms with Crippen LogP contribution in [0.15, 0.2) is 77.3 Å². The SMILES string of the molecule is CC(C)(C)c1ccc(C(=O)c2cccc(NC(=O)COc3ccc(Br)cc3)c2)cc1. The molecular formula is C25H24BrNO3. The fourth-order valence-corrected chi connectivity index (χ4v) is 3.17. The average molecular weight is 466 g/mol. The highest BCUT2D eigenvalue weighted by Gasteiger charge is 2.15. The molecule has 0 fully saturated rings. The van der Waals surface area contributed by atoms with Gasteiger partial charge in [-0.2, -0.15) is 0 Å². The first-order valence-corrected chi connectivity index (χ1v) is 10.5. The molecule has 4 nitrogen and oxygen atoms in total. The van der Waals surface area contributed by atoms with E-state index in [9.17, 15) is 9.59 Å². The van der Waals surface area contributed by atoms with Gasteiger partial charge in [-0.05, 0) is 47.4 Å². The molecule has 30 heavy (non-hydrogen) atoms. The van der Waals surface area contributed by atoms with E-state index in [0.29, 0.717) is 22.6 Å². The minimum Gasteiger partial charge on any atom is -0.484 e. The van der Waals surface area contributed by atoms with E-state index in [0.717, 1.165) is 4.47 Å². The maximum Gasteiger partial charge on any atom is 0.262 e. The molecule has 1 N–H and O–H groups in total. The first-order valence-electron chi connectivity index (χ1n) is 9.66. The topological polar surface area (TPSA) is 55.4 Å². The van der Waals surface area contributed by atoms with Crippen LogP contribution < -0.4 is 10.1 Å². The molecule has 0 heterocycles. The molecule has 0 atom stereocenters. The van der Waals surface area contributed by atoms with Crippen molar-refractivity contribution < 1.29 is 14.3 Å². The summed E-state index contributed by atoms with van der Waals surface area (Å²) in [5, 5.41) is 2.77. The van der Waals surface area contributed by atoms with Gasteiger partial charge in [0.1, 0.15) is 5.75 Å². The van der Waals surface area contributed by atoms with Crippen LogP contribution in [0.5, 0.6) is 5.75 Å². The van der Waals surface area contributed by atoms with Crippen LogP contribution in [-0.4, -0.2) is 18.3 Å². The highest BCUT2D eigenvalue weighted by Crippen LogP contribution is 2.23. The lowest BCUT2D eigenvalue weighted by Crippen LogP contribution is -2.20. The van der Waals surface area contributed by atoms with Crippen molar-refractivity contribution in [2.45, 2.75) is 26.2 Å². The Morgan fingerprint density at radius 3 is 2.20 bits per heavy atom. The van der Waals surface area contributed by atoms with Gasteiger partial charge in [0.15, 0.2) is 12.4 Å². The molecule has 154 valence electrons. The monoisotopic (exact) mass is 465 g/mol. The van der Waals surface area contributed by atoms with E-state index in [1.54, 1.807) is 36.4 Å². The quantitative estimate of drug-likeness (QED) is 0.454. The van der Waals surface area contributed by atoms with E-state index in [1.807, 2.05) is 36.4 Å². The van der Waals surface area contributed by atoms with E-state index in [4.69, 9.17) is 4.74 Å².